The SMILES string of the molecule is C[C@H]1[C@@H](OCc2cn(-c3ccc(O)cc3)nn2)O[C@@H]2O[C@@]3(C)CC[C@H]4[C@H](C)CC[C@@H]1[C@@]24OO3. The molecule has 2 bridgehead atoms. The van der Waals surface area contributed by atoms with E-state index in [1.54, 1.807) is 28.9 Å². The molecule has 4 saturated heterocycles. The van der Waals surface area contributed by atoms with E-state index in [1.807, 2.05) is 13.1 Å². The number of phenols is 1. The van der Waals surface area contributed by atoms with Gasteiger partial charge < -0.3 is 19.3 Å². The van der Waals surface area contributed by atoms with Crippen molar-refractivity contribution < 1.29 is 29.1 Å². The van der Waals surface area contributed by atoms with Crippen LogP contribution in [0.25, 0.3) is 5.69 Å². The predicted molar refractivity (Wildman–Crippen MR) is 115 cm³/mol. The van der Waals surface area contributed by atoms with Gasteiger partial charge in [0.25, 0.3) is 0 Å². The molecule has 9 nitrogen and oxygen atoms in total. The van der Waals surface area contributed by atoms with Crippen LogP contribution in [0.15, 0.2) is 30.5 Å². The molecule has 9 heteroatoms. The summed E-state index contributed by atoms with van der Waals surface area (Å²) in [4.78, 5) is 12.0. The Morgan fingerprint density at radius 3 is 2.76 bits per heavy atom. The predicted octanol–water partition coefficient (Wildman–Crippen LogP) is 3.70. The van der Waals surface area contributed by atoms with Gasteiger partial charge in [-0.05, 0) is 62.3 Å². The molecule has 5 heterocycles. The van der Waals surface area contributed by atoms with Gasteiger partial charge in [0.15, 0.2) is 18.2 Å². The van der Waals surface area contributed by atoms with Crippen LogP contribution in [0.1, 0.15) is 52.1 Å². The Kier molecular flexibility index (Phi) is 5.04. The highest BCUT2D eigenvalue weighted by molar-refractivity contribution is 5.35. The van der Waals surface area contributed by atoms with Gasteiger partial charge in [-0.3, -0.25) is 0 Å². The number of fused-ring (bicyclic) bond motifs is 2. The first-order chi connectivity index (χ1) is 15.9. The zero-order valence-electron chi connectivity index (χ0n) is 19.2. The first kappa shape index (κ1) is 21.5. The molecule has 1 saturated carbocycles. The topological polar surface area (TPSA) is 97.1 Å². The highest BCUT2D eigenvalue weighted by Gasteiger charge is 2.69. The van der Waals surface area contributed by atoms with E-state index in [-0.39, 0.29) is 24.2 Å². The van der Waals surface area contributed by atoms with Crippen LogP contribution in [0, 0.1) is 23.7 Å². The third-order valence-corrected chi connectivity index (χ3v) is 8.15. The Bertz CT molecular complexity index is 1010. The van der Waals surface area contributed by atoms with E-state index in [1.165, 1.54) is 0 Å². The number of phenolic OH excluding ortho intramolecular Hbond substituents is 1. The van der Waals surface area contributed by atoms with E-state index in [9.17, 15) is 5.11 Å². The number of benzene rings is 1. The zero-order chi connectivity index (χ0) is 22.8. The van der Waals surface area contributed by atoms with E-state index in [4.69, 9.17) is 24.0 Å². The molecule has 33 heavy (non-hydrogen) atoms. The summed E-state index contributed by atoms with van der Waals surface area (Å²) < 4.78 is 20.7. The number of aromatic hydroxyl groups is 1. The lowest BCUT2D eigenvalue weighted by molar-refractivity contribution is -0.577. The van der Waals surface area contributed by atoms with Gasteiger partial charge in [0.05, 0.1) is 18.5 Å². The summed E-state index contributed by atoms with van der Waals surface area (Å²) in [6.45, 7) is 6.67. The van der Waals surface area contributed by atoms with Crippen molar-refractivity contribution in [3.8, 4) is 11.4 Å². The molecule has 0 unspecified atom stereocenters. The van der Waals surface area contributed by atoms with Crippen LogP contribution in [-0.2, 0) is 30.6 Å². The third-order valence-electron chi connectivity index (χ3n) is 8.15. The molecule has 1 aliphatic carbocycles. The third kappa shape index (κ3) is 3.40. The fourth-order valence-corrected chi connectivity index (χ4v) is 6.33. The molecule has 5 fully saturated rings. The van der Waals surface area contributed by atoms with E-state index in [0.717, 1.165) is 31.4 Å². The minimum atomic E-state index is -0.796. The Labute approximate surface area is 192 Å². The lowest BCUT2D eigenvalue weighted by Crippen LogP contribution is -2.70. The smallest absolute Gasteiger partial charge is 0.201 e. The molecule has 0 amide bonds. The summed E-state index contributed by atoms with van der Waals surface area (Å²) in [5, 5.41) is 17.9. The highest BCUT2D eigenvalue weighted by Crippen LogP contribution is 2.60. The van der Waals surface area contributed by atoms with Gasteiger partial charge in [-0.1, -0.05) is 19.1 Å². The van der Waals surface area contributed by atoms with E-state index in [0.29, 0.717) is 17.5 Å². The second-order valence-corrected chi connectivity index (χ2v) is 10.3. The quantitative estimate of drug-likeness (QED) is 0.695. The number of hydrogen-bond donors (Lipinski definition) is 1. The van der Waals surface area contributed by atoms with E-state index < -0.39 is 24.0 Å². The lowest BCUT2D eigenvalue weighted by Gasteiger charge is -2.60. The average Bonchev–Trinajstić information content (AvgIpc) is 3.16. The fraction of sp³-hybridized carbons (Fsp3) is 0.667. The molecule has 4 aliphatic heterocycles. The van der Waals surface area contributed by atoms with Gasteiger partial charge in [-0.25, -0.2) is 14.5 Å². The molecular formula is C24H31N3O6. The monoisotopic (exact) mass is 457 g/mol. The van der Waals surface area contributed by atoms with Crippen LogP contribution in [0.5, 0.6) is 5.75 Å². The zero-order valence-corrected chi connectivity index (χ0v) is 19.2. The van der Waals surface area contributed by atoms with Gasteiger partial charge in [-0.2, -0.15) is 0 Å². The van der Waals surface area contributed by atoms with Gasteiger partial charge >= 0.3 is 0 Å². The molecule has 8 atom stereocenters. The van der Waals surface area contributed by atoms with Crippen molar-refractivity contribution >= 4 is 0 Å². The maximum atomic E-state index is 9.49. The average molecular weight is 458 g/mol. The van der Waals surface area contributed by atoms with E-state index >= 15 is 0 Å². The molecular weight excluding hydrogens is 426 g/mol. The van der Waals surface area contributed by atoms with Crippen molar-refractivity contribution in [1.29, 1.82) is 0 Å². The van der Waals surface area contributed by atoms with Crippen molar-refractivity contribution in [1.82, 2.24) is 15.0 Å². The van der Waals surface area contributed by atoms with Crippen molar-refractivity contribution in [2.24, 2.45) is 23.7 Å². The van der Waals surface area contributed by atoms with Crippen molar-refractivity contribution in [3.63, 3.8) is 0 Å². The molecule has 7 rings (SSSR count). The normalized spacial score (nSPS) is 42.0. The number of nitrogens with zero attached hydrogens (tertiary/aromatic N) is 3. The summed E-state index contributed by atoms with van der Waals surface area (Å²) in [6.07, 6.45) is 4.83. The first-order valence-electron chi connectivity index (χ1n) is 11.9. The number of aromatic nitrogens is 3. The van der Waals surface area contributed by atoms with Crippen LogP contribution < -0.4 is 0 Å². The molecule has 1 spiro atoms. The minimum Gasteiger partial charge on any atom is -0.508 e. The lowest BCUT2D eigenvalue weighted by atomic mass is 9.58. The Morgan fingerprint density at radius 2 is 1.94 bits per heavy atom. The van der Waals surface area contributed by atoms with Crippen LogP contribution in [0.4, 0.5) is 0 Å². The Morgan fingerprint density at radius 1 is 1.12 bits per heavy atom. The summed E-state index contributed by atoms with van der Waals surface area (Å²) in [5.74, 6) is 0.602. The van der Waals surface area contributed by atoms with Crippen molar-refractivity contribution in [2.75, 3.05) is 0 Å². The molecule has 0 radical (unpaired) electrons. The van der Waals surface area contributed by atoms with Gasteiger partial charge in [0.1, 0.15) is 11.4 Å². The van der Waals surface area contributed by atoms with Crippen LogP contribution in [-0.4, -0.2) is 44.1 Å². The Balaban J connectivity index is 1.20. The summed E-state index contributed by atoms with van der Waals surface area (Å²) in [6, 6.07) is 6.79. The molecule has 1 aromatic carbocycles. The van der Waals surface area contributed by atoms with Gasteiger partial charge in [0.2, 0.25) is 5.79 Å². The Hall–Kier alpha value is -2.04. The van der Waals surface area contributed by atoms with Crippen LogP contribution in [0.2, 0.25) is 0 Å². The van der Waals surface area contributed by atoms with Crippen molar-refractivity contribution in [3.05, 3.63) is 36.2 Å². The molecule has 1 aromatic heterocycles. The summed E-state index contributed by atoms with van der Waals surface area (Å²) in [7, 11) is 0. The largest absolute Gasteiger partial charge is 0.508 e. The van der Waals surface area contributed by atoms with E-state index in [2.05, 4.69) is 24.2 Å². The molecule has 1 N–H and O–H groups in total. The van der Waals surface area contributed by atoms with Crippen LogP contribution in [0.3, 0.4) is 0 Å². The maximum Gasteiger partial charge on any atom is 0.201 e. The second-order valence-electron chi connectivity index (χ2n) is 10.3. The number of hydrogen-bond acceptors (Lipinski definition) is 8. The molecule has 2 aromatic rings. The number of rotatable bonds is 4. The van der Waals surface area contributed by atoms with Crippen LogP contribution >= 0.6 is 0 Å². The maximum absolute atomic E-state index is 9.49. The van der Waals surface area contributed by atoms with Gasteiger partial charge in [0, 0.05) is 18.3 Å². The molecule has 5 aliphatic rings. The fourth-order valence-electron chi connectivity index (χ4n) is 6.33. The molecule has 178 valence electrons. The summed E-state index contributed by atoms with van der Waals surface area (Å²) >= 11 is 0. The number of ether oxygens (including phenoxy) is 3. The highest BCUT2D eigenvalue weighted by atomic mass is 17.3. The standard InChI is InChI=1S/C24H31N3O6/c1-14-4-9-20-15(2)21(30-22-24(20)19(14)10-11-23(3,31-22)32-33-24)29-13-16-12-27(26-25-16)17-5-7-18(28)8-6-17/h5-8,12,14-15,19-22,28H,4,9-11,13H2,1-3H3/t14-,15-,19+,20+,21+,22-,23-,24-/m1/s1. The second kappa shape index (κ2) is 7.74. The summed E-state index contributed by atoms with van der Waals surface area (Å²) in [5.41, 5.74) is 0.921. The minimum absolute atomic E-state index is 0.109. The van der Waals surface area contributed by atoms with Crippen molar-refractivity contribution in [2.45, 2.75) is 77.0 Å². The first-order valence-corrected chi connectivity index (χ1v) is 11.9. The van der Waals surface area contributed by atoms with Gasteiger partial charge in [-0.15, -0.1) is 5.10 Å².